The van der Waals surface area contributed by atoms with Crippen LogP contribution in [-0.2, 0) is 12.1 Å². The lowest BCUT2D eigenvalue weighted by Crippen LogP contribution is -2.34. The molecule has 122 valence electrons. The molecule has 0 spiro atoms. The van der Waals surface area contributed by atoms with E-state index in [-0.39, 0.29) is 5.75 Å². The van der Waals surface area contributed by atoms with E-state index < -0.39 is 11.4 Å². The van der Waals surface area contributed by atoms with Gasteiger partial charge in [-0.25, -0.2) is 4.39 Å². The molecular weight excluding hydrogens is 293 g/mol. The summed E-state index contributed by atoms with van der Waals surface area (Å²) in [6, 6.07) is 13.1. The van der Waals surface area contributed by atoms with Crippen LogP contribution in [0.15, 0.2) is 42.5 Å². The second-order valence-electron chi connectivity index (χ2n) is 6.09. The second kappa shape index (κ2) is 6.59. The van der Waals surface area contributed by atoms with Gasteiger partial charge in [-0.1, -0.05) is 43.2 Å². The topological polar surface area (TPSA) is 44.5 Å². The molecule has 0 aliphatic heterocycles. The van der Waals surface area contributed by atoms with Crippen LogP contribution in [0.5, 0.6) is 11.5 Å². The molecule has 0 bridgehead atoms. The average Bonchev–Trinajstić information content (AvgIpc) is 3.01. The van der Waals surface area contributed by atoms with Crippen LogP contribution in [0, 0.1) is 5.82 Å². The molecule has 1 saturated carbocycles. The Labute approximate surface area is 136 Å². The number of halogens is 1. The monoisotopic (exact) mass is 315 g/mol. The van der Waals surface area contributed by atoms with Gasteiger partial charge >= 0.3 is 0 Å². The molecule has 1 aliphatic rings. The molecule has 0 aromatic heterocycles. The summed E-state index contributed by atoms with van der Waals surface area (Å²) < 4.78 is 26.1. The zero-order valence-electron chi connectivity index (χ0n) is 13.3. The molecule has 2 N–H and O–H groups in total. The summed E-state index contributed by atoms with van der Waals surface area (Å²) in [6.45, 7) is 0.321. The van der Waals surface area contributed by atoms with Crippen molar-refractivity contribution in [3.8, 4) is 11.5 Å². The highest BCUT2D eigenvalue weighted by Crippen LogP contribution is 2.44. The predicted molar refractivity (Wildman–Crippen MR) is 88.1 cm³/mol. The first kappa shape index (κ1) is 15.8. The van der Waals surface area contributed by atoms with E-state index in [0.29, 0.717) is 17.9 Å². The number of ether oxygens (including phenoxy) is 2. The zero-order chi connectivity index (χ0) is 16.3. The van der Waals surface area contributed by atoms with Gasteiger partial charge in [0.05, 0.1) is 12.7 Å². The molecule has 23 heavy (non-hydrogen) atoms. The standard InChI is InChI=1S/C19H22FNO2/c1-22-15-9-10-16(23-13-14-7-3-2-4-8-14)18(20)17(15)19(21)11-5-6-12-19/h2-4,7-10H,5-6,11-13,21H2,1H3. The lowest BCUT2D eigenvalue weighted by Gasteiger charge is -2.27. The smallest absolute Gasteiger partial charge is 0.173 e. The summed E-state index contributed by atoms with van der Waals surface area (Å²) in [5, 5.41) is 0. The van der Waals surface area contributed by atoms with E-state index in [1.807, 2.05) is 30.3 Å². The highest BCUT2D eigenvalue weighted by molar-refractivity contribution is 5.46. The van der Waals surface area contributed by atoms with Crippen LogP contribution in [0.3, 0.4) is 0 Å². The van der Waals surface area contributed by atoms with Gasteiger partial charge < -0.3 is 15.2 Å². The number of rotatable bonds is 5. The maximum absolute atomic E-state index is 15.0. The Kier molecular flexibility index (Phi) is 4.53. The van der Waals surface area contributed by atoms with Crippen LogP contribution < -0.4 is 15.2 Å². The van der Waals surface area contributed by atoms with Crippen LogP contribution in [-0.4, -0.2) is 7.11 Å². The van der Waals surface area contributed by atoms with Crippen molar-refractivity contribution in [2.45, 2.75) is 37.8 Å². The van der Waals surface area contributed by atoms with Gasteiger partial charge in [0, 0.05) is 5.54 Å². The van der Waals surface area contributed by atoms with E-state index in [4.69, 9.17) is 15.2 Å². The quantitative estimate of drug-likeness (QED) is 0.902. The van der Waals surface area contributed by atoms with Crippen LogP contribution >= 0.6 is 0 Å². The summed E-state index contributed by atoms with van der Waals surface area (Å²) >= 11 is 0. The van der Waals surface area contributed by atoms with Gasteiger partial charge in [0.2, 0.25) is 0 Å². The Balaban J connectivity index is 1.90. The summed E-state index contributed by atoms with van der Waals surface area (Å²) in [4.78, 5) is 0. The predicted octanol–water partition coefficient (Wildman–Crippen LogP) is 4.14. The highest BCUT2D eigenvalue weighted by Gasteiger charge is 2.37. The van der Waals surface area contributed by atoms with Crippen LogP contribution in [0.25, 0.3) is 0 Å². The maximum atomic E-state index is 15.0. The van der Waals surface area contributed by atoms with Crippen molar-refractivity contribution in [2.24, 2.45) is 5.73 Å². The van der Waals surface area contributed by atoms with Gasteiger partial charge in [-0.3, -0.25) is 0 Å². The summed E-state index contributed by atoms with van der Waals surface area (Å²) in [5.41, 5.74) is 7.23. The Morgan fingerprint density at radius 3 is 2.35 bits per heavy atom. The Morgan fingerprint density at radius 1 is 1.04 bits per heavy atom. The van der Waals surface area contributed by atoms with Crippen molar-refractivity contribution in [3.05, 3.63) is 59.4 Å². The Bertz CT molecular complexity index is 667. The van der Waals surface area contributed by atoms with Crippen LogP contribution in [0.2, 0.25) is 0 Å². The normalized spacial score (nSPS) is 16.3. The lowest BCUT2D eigenvalue weighted by molar-refractivity contribution is 0.281. The molecule has 1 aliphatic carbocycles. The molecule has 4 heteroatoms. The van der Waals surface area contributed by atoms with Gasteiger partial charge in [0.1, 0.15) is 12.4 Å². The molecule has 0 amide bonds. The molecule has 0 unspecified atom stereocenters. The third-order valence-electron chi connectivity index (χ3n) is 4.52. The van der Waals surface area contributed by atoms with E-state index in [2.05, 4.69) is 0 Å². The van der Waals surface area contributed by atoms with E-state index in [9.17, 15) is 0 Å². The molecule has 0 atom stereocenters. The van der Waals surface area contributed by atoms with Gasteiger partial charge in [0.25, 0.3) is 0 Å². The van der Waals surface area contributed by atoms with Crippen LogP contribution in [0.4, 0.5) is 4.39 Å². The van der Waals surface area contributed by atoms with Gasteiger partial charge in [-0.2, -0.15) is 0 Å². The third kappa shape index (κ3) is 3.17. The molecule has 0 radical (unpaired) electrons. The fourth-order valence-corrected chi connectivity index (χ4v) is 3.28. The average molecular weight is 315 g/mol. The van der Waals surface area contributed by atoms with E-state index in [0.717, 1.165) is 31.2 Å². The molecule has 0 heterocycles. The number of methoxy groups -OCH3 is 1. The SMILES string of the molecule is COc1ccc(OCc2ccccc2)c(F)c1C1(N)CCCC1. The first-order chi connectivity index (χ1) is 11.1. The Hall–Kier alpha value is -2.07. The number of nitrogens with two attached hydrogens (primary N) is 1. The maximum Gasteiger partial charge on any atom is 0.173 e. The summed E-state index contributed by atoms with van der Waals surface area (Å²) in [7, 11) is 1.54. The molecular formula is C19H22FNO2. The van der Waals surface area contributed by atoms with Crippen molar-refractivity contribution in [3.63, 3.8) is 0 Å². The first-order valence-corrected chi connectivity index (χ1v) is 7.96. The van der Waals surface area contributed by atoms with Gasteiger partial charge in [-0.05, 0) is 30.5 Å². The minimum Gasteiger partial charge on any atom is -0.496 e. The Morgan fingerprint density at radius 2 is 1.70 bits per heavy atom. The van der Waals surface area contributed by atoms with Crippen molar-refractivity contribution in [1.82, 2.24) is 0 Å². The third-order valence-corrected chi connectivity index (χ3v) is 4.52. The second-order valence-corrected chi connectivity index (χ2v) is 6.09. The van der Waals surface area contributed by atoms with Crippen molar-refractivity contribution >= 4 is 0 Å². The summed E-state index contributed by atoms with van der Waals surface area (Å²) in [5.74, 6) is 0.324. The van der Waals surface area contributed by atoms with E-state index in [1.165, 1.54) is 0 Å². The number of benzene rings is 2. The van der Waals surface area contributed by atoms with E-state index in [1.54, 1.807) is 19.2 Å². The largest absolute Gasteiger partial charge is 0.496 e. The summed E-state index contributed by atoms with van der Waals surface area (Å²) in [6.07, 6.45) is 3.55. The molecule has 0 saturated heterocycles. The minimum absolute atomic E-state index is 0.223. The highest BCUT2D eigenvalue weighted by atomic mass is 19.1. The first-order valence-electron chi connectivity index (χ1n) is 7.96. The fourth-order valence-electron chi connectivity index (χ4n) is 3.28. The van der Waals surface area contributed by atoms with Gasteiger partial charge in [0.15, 0.2) is 11.6 Å². The minimum atomic E-state index is -0.665. The van der Waals surface area contributed by atoms with Crippen molar-refractivity contribution in [1.29, 1.82) is 0 Å². The zero-order valence-corrected chi connectivity index (χ0v) is 13.3. The molecule has 3 rings (SSSR count). The molecule has 2 aromatic rings. The number of hydrogen-bond donors (Lipinski definition) is 1. The van der Waals surface area contributed by atoms with E-state index >= 15 is 4.39 Å². The van der Waals surface area contributed by atoms with Crippen molar-refractivity contribution in [2.75, 3.05) is 7.11 Å². The molecule has 3 nitrogen and oxygen atoms in total. The fraction of sp³-hybridized carbons (Fsp3) is 0.368. The van der Waals surface area contributed by atoms with Gasteiger partial charge in [-0.15, -0.1) is 0 Å². The molecule has 2 aromatic carbocycles. The van der Waals surface area contributed by atoms with Crippen LogP contribution in [0.1, 0.15) is 36.8 Å². The number of hydrogen-bond acceptors (Lipinski definition) is 3. The van der Waals surface area contributed by atoms with Crippen molar-refractivity contribution < 1.29 is 13.9 Å². The molecule has 1 fully saturated rings. The lowest BCUT2D eigenvalue weighted by atomic mass is 9.88.